The van der Waals surface area contributed by atoms with Gasteiger partial charge in [-0.1, -0.05) is 24.8 Å². The molecule has 0 saturated carbocycles. The summed E-state index contributed by atoms with van der Waals surface area (Å²) in [5.74, 6) is -0.915. The van der Waals surface area contributed by atoms with E-state index in [4.69, 9.17) is 0 Å². The molecule has 2 aromatic rings. The number of hydrogen-bond donors (Lipinski definition) is 1. The normalized spacial score (nSPS) is 19.1. The predicted molar refractivity (Wildman–Crippen MR) is 125 cm³/mol. The number of aryl methyl sites for hydroxylation is 1. The Balaban J connectivity index is 1.62. The lowest BCUT2D eigenvalue weighted by atomic mass is 9.79. The molecule has 1 spiro atoms. The highest BCUT2D eigenvalue weighted by Gasteiger charge is 2.46. The molecule has 2 aliphatic heterocycles. The second-order valence-corrected chi connectivity index (χ2v) is 9.36. The van der Waals surface area contributed by atoms with Gasteiger partial charge in [0.25, 0.3) is 0 Å². The third kappa shape index (κ3) is 4.66. The van der Waals surface area contributed by atoms with Crippen LogP contribution in [0.1, 0.15) is 30.2 Å². The number of hydrogen-bond acceptors (Lipinski definition) is 5. The van der Waals surface area contributed by atoms with Crippen LogP contribution in [-0.2, 0) is 12.7 Å². The third-order valence-electron chi connectivity index (χ3n) is 6.72. The largest absolute Gasteiger partial charge is 0.419 e. The molecule has 2 fully saturated rings. The Kier molecular flexibility index (Phi) is 6.42. The minimum atomic E-state index is -4.76. The lowest BCUT2D eigenvalue weighted by Gasteiger charge is -2.46. The molecule has 1 aromatic heterocycles. The average molecular weight is 476 g/mol. The van der Waals surface area contributed by atoms with Crippen LogP contribution in [0.15, 0.2) is 30.5 Å². The van der Waals surface area contributed by atoms with Gasteiger partial charge < -0.3 is 15.1 Å². The SMILES string of the molecule is C=C(/C=c1/c(NCc2cccc(C(F)(F)F)c2F)nnc(C)/c1=C/C)N1CCC2(CN(C)C2)C1. The van der Waals surface area contributed by atoms with E-state index in [2.05, 4.69) is 38.9 Å². The van der Waals surface area contributed by atoms with Crippen molar-refractivity contribution in [3.05, 3.63) is 63.6 Å². The molecule has 5 nitrogen and oxygen atoms in total. The van der Waals surface area contributed by atoms with Gasteiger partial charge in [-0.2, -0.15) is 18.3 Å². The fourth-order valence-corrected chi connectivity index (χ4v) is 5.11. The molecule has 0 aliphatic carbocycles. The zero-order valence-electron chi connectivity index (χ0n) is 19.6. The Morgan fingerprint density at radius 2 is 1.94 bits per heavy atom. The Morgan fingerprint density at radius 3 is 2.59 bits per heavy atom. The second-order valence-electron chi connectivity index (χ2n) is 9.36. The van der Waals surface area contributed by atoms with E-state index < -0.39 is 17.6 Å². The monoisotopic (exact) mass is 475 g/mol. The number of anilines is 1. The van der Waals surface area contributed by atoms with Gasteiger partial charge >= 0.3 is 6.18 Å². The van der Waals surface area contributed by atoms with Gasteiger partial charge in [0, 0.05) is 59.8 Å². The van der Waals surface area contributed by atoms with E-state index in [0.29, 0.717) is 11.2 Å². The van der Waals surface area contributed by atoms with Crippen LogP contribution >= 0.6 is 0 Å². The van der Waals surface area contributed by atoms with Crippen molar-refractivity contribution < 1.29 is 17.6 Å². The molecule has 0 unspecified atom stereocenters. The number of rotatable bonds is 5. The van der Waals surface area contributed by atoms with Crippen molar-refractivity contribution >= 4 is 18.0 Å². The molecule has 2 saturated heterocycles. The van der Waals surface area contributed by atoms with Crippen molar-refractivity contribution in [3.63, 3.8) is 0 Å². The molecule has 4 rings (SSSR count). The third-order valence-corrected chi connectivity index (χ3v) is 6.72. The lowest BCUT2D eigenvalue weighted by molar-refractivity contribution is -0.140. The second kappa shape index (κ2) is 9.02. The summed E-state index contributed by atoms with van der Waals surface area (Å²) in [4.78, 5) is 4.57. The Hall–Kier alpha value is -2.94. The summed E-state index contributed by atoms with van der Waals surface area (Å²) in [5, 5.41) is 13.0. The number of nitrogens with zero attached hydrogens (tertiary/aromatic N) is 4. The molecule has 182 valence electrons. The summed E-state index contributed by atoms with van der Waals surface area (Å²) in [6.45, 7) is 11.9. The highest BCUT2D eigenvalue weighted by Crippen LogP contribution is 2.39. The van der Waals surface area contributed by atoms with Crippen molar-refractivity contribution in [2.45, 2.75) is 33.0 Å². The van der Waals surface area contributed by atoms with Crippen LogP contribution in [-0.4, -0.2) is 53.2 Å². The fraction of sp³-hybridized carbons (Fsp3) is 0.440. The average Bonchev–Trinajstić information content (AvgIpc) is 3.18. The summed E-state index contributed by atoms with van der Waals surface area (Å²) < 4.78 is 53.8. The molecular weight excluding hydrogens is 446 g/mol. The maximum absolute atomic E-state index is 14.5. The number of allylic oxidation sites excluding steroid dienone is 1. The van der Waals surface area contributed by atoms with E-state index in [0.717, 1.165) is 60.5 Å². The van der Waals surface area contributed by atoms with Gasteiger partial charge in [0.2, 0.25) is 0 Å². The van der Waals surface area contributed by atoms with Gasteiger partial charge in [0.15, 0.2) is 5.82 Å². The van der Waals surface area contributed by atoms with Crippen LogP contribution in [0.4, 0.5) is 23.4 Å². The molecular formula is C25H29F4N5. The van der Waals surface area contributed by atoms with Crippen LogP contribution in [0.25, 0.3) is 12.2 Å². The Morgan fingerprint density at radius 1 is 1.21 bits per heavy atom. The highest BCUT2D eigenvalue weighted by atomic mass is 19.4. The van der Waals surface area contributed by atoms with E-state index in [1.165, 1.54) is 12.1 Å². The predicted octanol–water partition coefficient (Wildman–Crippen LogP) is 3.29. The number of benzene rings is 1. The first kappa shape index (κ1) is 24.2. The minimum Gasteiger partial charge on any atom is -0.371 e. The van der Waals surface area contributed by atoms with Gasteiger partial charge in [-0.3, -0.25) is 0 Å². The van der Waals surface area contributed by atoms with E-state index in [-0.39, 0.29) is 12.1 Å². The summed E-state index contributed by atoms with van der Waals surface area (Å²) in [6, 6.07) is 3.26. The molecule has 1 N–H and O–H groups in total. The van der Waals surface area contributed by atoms with Crippen molar-refractivity contribution in [2.75, 3.05) is 38.5 Å². The van der Waals surface area contributed by atoms with Crippen LogP contribution in [0.2, 0.25) is 0 Å². The molecule has 0 bridgehead atoms. The van der Waals surface area contributed by atoms with Crippen LogP contribution < -0.4 is 15.8 Å². The first-order valence-corrected chi connectivity index (χ1v) is 11.3. The molecule has 9 heteroatoms. The smallest absolute Gasteiger partial charge is 0.371 e. The highest BCUT2D eigenvalue weighted by molar-refractivity contribution is 5.54. The number of aromatic nitrogens is 2. The minimum absolute atomic E-state index is 0.0976. The molecule has 34 heavy (non-hydrogen) atoms. The van der Waals surface area contributed by atoms with Crippen molar-refractivity contribution in [1.29, 1.82) is 0 Å². The van der Waals surface area contributed by atoms with Crippen LogP contribution in [0, 0.1) is 18.2 Å². The Labute approximate surface area is 196 Å². The first-order valence-electron chi connectivity index (χ1n) is 11.3. The van der Waals surface area contributed by atoms with E-state index in [1.54, 1.807) is 0 Å². The maximum Gasteiger partial charge on any atom is 0.419 e. The molecule has 0 amide bonds. The molecule has 0 radical (unpaired) electrons. The van der Waals surface area contributed by atoms with Gasteiger partial charge in [0.05, 0.1) is 11.3 Å². The van der Waals surface area contributed by atoms with Crippen molar-refractivity contribution in [1.82, 2.24) is 20.0 Å². The van der Waals surface area contributed by atoms with Gasteiger partial charge in [-0.05, 0) is 39.5 Å². The zero-order chi connectivity index (χ0) is 24.7. The summed E-state index contributed by atoms with van der Waals surface area (Å²) in [6.07, 6.45) is 0.201. The van der Waals surface area contributed by atoms with Crippen molar-refractivity contribution in [2.24, 2.45) is 5.41 Å². The number of nitrogens with one attached hydrogen (secondary N) is 1. The Bertz CT molecular complexity index is 1220. The quantitative estimate of drug-likeness (QED) is 0.673. The fourth-order valence-electron chi connectivity index (χ4n) is 5.11. The first-order chi connectivity index (χ1) is 16.0. The van der Waals surface area contributed by atoms with Crippen LogP contribution in [0.3, 0.4) is 0 Å². The number of alkyl halides is 3. The topological polar surface area (TPSA) is 44.3 Å². The van der Waals surface area contributed by atoms with Gasteiger partial charge in [-0.15, -0.1) is 5.10 Å². The van der Waals surface area contributed by atoms with E-state index >= 15 is 0 Å². The van der Waals surface area contributed by atoms with Gasteiger partial charge in [-0.25, -0.2) is 4.39 Å². The molecule has 0 atom stereocenters. The molecule has 2 aliphatic rings. The van der Waals surface area contributed by atoms with Crippen molar-refractivity contribution in [3.8, 4) is 0 Å². The summed E-state index contributed by atoms with van der Waals surface area (Å²) >= 11 is 0. The molecule has 1 aromatic carbocycles. The van der Waals surface area contributed by atoms with E-state index in [1.807, 2.05) is 26.0 Å². The lowest BCUT2D eigenvalue weighted by Crippen LogP contribution is -2.55. The zero-order valence-corrected chi connectivity index (χ0v) is 19.6. The summed E-state index contributed by atoms with van der Waals surface area (Å²) in [5.41, 5.74) is 0.500. The standard InChI is InChI=1S/C25H29F4N5/c1-5-19-17(3)31-32-23(30-12-18-7-6-8-21(22(18)26)25(27,28)29)20(19)11-16(2)34-10-9-24(15-34)13-33(4)14-24/h5-8,11H,2,9-10,12-15H2,1,3-4H3,(H,30,32)/b19-5-,20-11+. The molecule has 3 heterocycles. The van der Waals surface area contributed by atoms with Crippen LogP contribution in [0.5, 0.6) is 0 Å². The van der Waals surface area contributed by atoms with E-state index in [9.17, 15) is 17.6 Å². The maximum atomic E-state index is 14.5. The number of halogens is 4. The summed E-state index contributed by atoms with van der Waals surface area (Å²) in [7, 11) is 2.12. The number of likely N-dealkylation sites (tertiary alicyclic amines) is 2. The van der Waals surface area contributed by atoms with Gasteiger partial charge in [0.1, 0.15) is 5.82 Å².